The molecule has 0 aliphatic rings. The van der Waals surface area contributed by atoms with Crippen LogP contribution >= 0.6 is 22.9 Å². The Hall–Kier alpha value is -2.84. The first kappa shape index (κ1) is 20.4. The summed E-state index contributed by atoms with van der Waals surface area (Å²) in [4.78, 5) is 17.8. The fourth-order valence-electron chi connectivity index (χ4n) is 2.95. The van der Waals surface area contributed by atoms with Crippen LogP contribution < -0.4 is 5.32 Å². The van der Waals surface area contributed by atoms with Gasteiger partial charge in [0.05, 0.1) is 10.4 Å². The van der Waals surface area contributed by atoms with E-state index in [1.807, 2.05) is 12.1 Å². The van der Waals surface area contributed by atoms with Crippen LogP contribution in [-0.2, 0) is 12.6 Å². The summed E-state index contributed by atoms with van der Waals surface area (Å²) in [7, 11) is 0. The van der Waals surface area contributed by atoms with E-state index < -0.39 is 11.7 Å². The van der Waals surface area contributed by atoms with E-state index in [9.17, 15) is 18.0 Å². The highest BCUT2D eigenvalue weighted by Crippen LogP contribution is 2.34. The molecule has 0 aliphatic heterocycles. The number of thiazole rings is 1. The van der Waals surface area contributed by atoms with Crippen LogP contribution in [0.4, 0.5) is 13.2 Å². The van der Waals surface area contributed by atoms with Gasteiger partial charge >= 0.3 is 6.18 Å². The highest BCUT2D eigenvalue weighted by Gasteiger charge is 2.30. The van der Waals surface area contributed by atoms with Gasteiger partial charge in [-0.15, -0.1) is 0 Å². The third-order valence-electron chi connectivity index (χ3n) is 4.48. The van der Waals surface area contributed by atoms with Gasteiger partial charge in [-0.05, 0) is 41.8 Å². The number of nitrogens with one attached hydrogen (secondary N) is 1. The SMILES string of the molecule is O=C(NCCc1ccc(Cl)cc1)c1cn2cc(-c3cccc(C(F)(F)F)c3)sc2n1. The van der Waals surface area contributed by atoms with Gasteiger partial charge in [-0.1, -0.05) is 47.2 Å². The number of halogens is 4. The number of rotatable bonds is 5. The molecule has 0 bridgehead atoms. The lowest BCUT2D eigenvalue weighted by molar-refractivity contribution is -0.137. The molecule has 0 spiro atoms. The van der Waals surface area contributed by atoms with E-state index in [2.05, 4.69) is 10.3 Å². The summed E-state index contributed by atoms with van der Waals surface area (Å²) in [5.74, 6) is -0.305. The summed E-state index contributed by atoms with van der Waals surface area (Å²) in [5, 5.41) is 3.47. The molecule has 4 rings (SSSR count). The molecular weight excluding hydrogens is 435 g/mol. The van der Waals surface area contributed by atoms with E-state index in [1.54, 1.807) is 35.0 Å². The molecule has 2 aromatic heterocycles. The molecule has 0 saturated carbocycles. The number of hydrogen-bond acceptors (Lipinski definition) is 3. The fourth-order valence-corrected chi connectivity index (χ4v) is 4.04. The zero-order valence-electron chi connectivity index (χ0n) is 15.4. The topological polar surface area (TPSA) is 46.4 Å². The van der Waals surface area contributed by atoms with Crippen molar-refractivity contribution in [2.75, 3.05) is 6.54 Å². The highest BCUT2D eigenvalue weighted by molar-refractivity contribution is 7.20. The highest BCUT2D eigenvalue weighted by atomic mass is 35.5. The molecule has 0 unspecified atom stereocenters. The van der Waals surface area contributed by atoms with E-state index in [0.29, 0.717) is 33.4 Å². The van der Waals surface area contributed by atoms with Crippen molar-refractivity contribution in [3.05, 3.63) is 82.8 Å². The summed E-state index contributed by atoms with van der Waals surface area (Å²) in [6.07, 6.45) is -0.497. The minimum absolute atomic E-state index is 0.257. The number of alkyl halides is 3. The van der Waals surface area contributed by atoms with Gasteiger partial charge in [0.15, 0.2) is 4.96 Å². The second-order valence-electron chi connectivity index (χ2n) is 6.62. The first-order valence-corrected chi connectivity index (χ1v) is 10.2. The van der Waals surface area contributed by atoms with Crippen molar-refractivity contribution in [1.82, 2.24) is 14.7 Å². The van der Waals surface area contributed by atoms with Crippen molar-refractivity contribution in [2.24, 2.45) is 0 Å². The number of carbonyl (C=O) groups excluding carboxylic acids is 1. The quantitative estimate of drug-likeness (QED) is 0.424. The van der Waals surface area contributed by atoms with Crippen LogP contribution in [0, 0.1) is 0 Å². The molecular formula is C21H15ClF3N3OS. The number of nitrogens with zero attached hydrogens (tertiary/aromatic N) is 2. The van der Waals surface area contributed by atoms with Crippen molar-refractivity contribution in [3.63, 3.8) is 0 Å². The summed E-state index contributed by atoms with van der Waals surface area (Å²) in [5.41, 5.74) is 1.06. The minimum atomic E-state index is -4.40. The number of carbonyl (C=O) groups is 1. The predicted octanol–water partition coefficient (Wildman–Crippen LogP) is 5.71. The third kappa shape index (κ3) is 4.49. The van der Waals surface area contributed by atoms with Crippen LogP contribution in [-0.4, -0.2) is 21.8 Å². The molecule has 4 nitrogen and oxygen atoms in total. The van der Waals surface area contributed by atoms with Crippen molar-refractivity contribution in [1.29, 1.82) is 0 Å². The number of fused-ring (bicyclic) bond motifs is 1. The normalized spacial score (nSPS) is 11.7. The maximum Gasteiger partial charge on any atom is 0.416 e. The first-order chi connectivity index (χ1) is 14.3. The molecule has 4 aromatic rings. The smallest absolute Gasteiger partial charge is 0.350 e. The average molecular weight is 450 g/mol. The Bertz CT molecular complexity index is 1170. The van der Waals surface area contributed by atoms with Crippen LogP contribution in [0.5, 0.6) is 0 Å². The van der Waals surface area contributed by atoms with Gasteiger partial charge in [-0.2, -0.15) is 13.2 Å². The van der Waals surface area contributed by atoms with Gasteiger partial charge in [-0.3, -0.25) is 9.20 Å². The third-order valence-corrected chi connectivity index (χ3v) is 5.77. The largest absolute Gasteiger partial charge is 0.416 e. The minimum Gasteiger partial charge on any atom is -0.350 e. The van der Waals surface area contributed by atoms with Gasteiger partial charge in [0.25, 0.3) is 5.91 Å². The zero-order valence-corrected chi connectivity index (χ0v) is 17.0. The molecule has 9 heteroatoms. The van der Waals surface area contributed by atoms with Crippen LogP contribution in [0.3, 0.4) is 0 Å². The monoisotopic (exact) mass is 449 g/mol. The maximum atomic E-state index is 12.9. The average Bonchev–Trinajstić information content (AvgIpc) is 3.28. The van der Waals surface area contributed by atoms with E-state index >= 15 is 0 Å². The Morgan fingerprint density at radius 3 is 2.60 bits per heavy atom. The zero-order chi connectivity index (χ0) is 21.3. The Morgan fingerprint density at radius 1 is 1.13 bits per heavy atom. The number of amides is 1. The second kappa shape index (κ2) is 8.12. The summed E-state index contributed by atoms with van der Waals surface area (Å²) >= 11 is 7.07. The van der Waals surface area contributed by atoms with Crippen molar-refractivity contribution >= 4 is 33.8 Å². The van der Waals surface area contributed by atoms with Crippen LogP contribution in [0.2, 0.25) is 5.02 Å². The van der Waals surface area contributed by atoms with Gasteiger partial charge in [-0.25, -0.2) is 4.98 Å². The lowest BCUT2D eigenvalue weighted by Gasteiger charge is -2.07. The second-order valence-corrected chi connectivity index (χ2v) is 8.07. The van der Waals surface area contributed by atoms with Crippen molar-refractivity contribution in [3.8, 4) is 10.4 Å². The molecule has 30 heavy (non-hydrogen) atoms. The van der Waals surface area contributed by atoms with E-state index in [-0.39, 0.29) is 11.6 Å². The summed E-state index contributed by atoms with van der Waals surface area (Å²) < 4.78 is 40.4. The van der Waals surface area contributed by atoms with E-state index in [4.69, 9.17) is 11.6 Å². The molecule has 0 aliphatic carbocycles. The van der Waals surface area contributed by atoms with Crippen LogP contribution in [0.25, 0.3) is 15.4 Å². The Morgan fingerprint density at radius 2 is 1.90 bits per heavy atom. The van der Waals surface area contributed by atoms with Gasteiger partial charge < -0.3 is 5.32 Å². The number of benzene rings is 2. The van der Waals surface area contributed by atoms with Crippen molar-refractivity contribution < 1.29 is 18.0 Å². The van der Waals surface area contributed by atoms with Crippen LogP contribution in [0.15, 0.2) is 60.9 Å². The first-order valence-electron chi connectivity index (χ1n) is 8.98. The molecule has 0 fully saturated rings. The Kier molecular flexibility index (Phi) is 5.53. The van der Waals surface area contributed by atoms with Gasteiger partial charge in [0.1, 0.15) is 5.69 Å². The predicted molar refractivity (Wildman–Crippen MR) is 111 cm³/mol. The van der Waals surface area contributed by atoms with Crippen molar-refractivity contribution in [2.45, 2.75) is 12.6 Å². The molecule has 0 atom stereocenters. The lowest BCUT2D eigenvalue weighted by Crippen LogP contribution is -2.25. The summed E-state index contributed by atoms with van der Waals surface area (Å²) in [6.45, 7) is 0.446. The fraction of sp³-hybridized carbons (Fsp3) is 0.143. The molecule has 0 saturated heterocycles. The molecule has 2 heterocycles. The van der Waals surface area contributed by atoms with Gasteiger partial charge in [0.2, 0.25) is 0 Å². The van der Waals surface area contributed by atoms with E-state index in [1.165, 1.54) is 17.4 Å². The standard InChI is InChI=1S/C21H15ClF3N3OS/c22-16-6-4-13(5-7-16)8-9-26-19(29)17-11-28-12-18(30-20(28)27-17)14-2-1-3-15(10-14)21(23,24)25/h1-7,10-12H,8-9H2,(H,26,29). The van der Waals surface area contributed by atoms with Gasteiger partial charge in [0, 0.05) is 24.0 Å². The Balaban J connectivity index is 1.44. The summed E-state index contributed by atoms with van der Waals surface area (Å²) in [6, 6.07) is 12.5. The molecule has 1 amide bonds. The Labute approximate surface area is 178 Å². The lowest BCUT2D eigenvalue weighted by atomic mass is 10.1. The molecule has 0 radical (unpaired) electrons. The van der Waals surface area contributed by atoms with Crippen LogP contribution in [0.1, 0.15) is 21.6 Å². The molecule has 1 N–H and O–H groups in total. The molecule has 2 aromatic carbocycles. The molecule has 154 valence electrons. The number of hydrogen-bond donors (Lipinski definition) is 1. The number of imidazole rings is 1. The maximum absolute atomic E-state index is 12.9. The van der Waals surface area contributed by atoms with E-state index in [0.717, 1.165) is 17.7 Å². The number of aromatic nitrogens is 2.